The van der Waals surface area contributed by atoms with E-state index < -0.39 is 0 Å². The first-order chi connectivity index (χ1) is 3.81. The van der Waals surface area contributed by atoms with Gasteiger partial charge in [0.2, 0.25) is 0 Å². The van der Waals surface area contributed by atoms with Gasteiger partial charge in [0.15, 0.2) is 0 Å². The molecular formula is C5H8Br2O. The van der Waals surface area contributed by atoms with Crippen molar-refractivity contribution in [1.29, 1.82) is 0 Å². The van der Waals surface area contributed by atoms with Gasteiger partial charge in [0.25, 0.3) is 0 Å². The van der Waals surface area contributed by atoms with Crippen molar-refractivity contribution in [1.82, 2.24) is 0 Å². The van der Waals surface area contributed by atoms with Crippen LogP contribution in [-0.2, 0) is 4.74 Å². The van der Waals surface area contributed by atoms with E-state index in [4.69, 9.17) is 4.74 Å². The highest BCUT2D eigenvalue weighted by Crippen LogP contribution is 2.11. The SMILES string of the molecule is COCCC(Br)=CBr. The van der Waals surface area contributed by atoms with Gasteiger partial charge in [-0.05, 0) is 4.99 Å². The molecule has 48 valence electrons. The Balaban J connectivity index is 3.12. The Morgan fingerprint density at radius 1 is 1.75 bits per heavy atom. The molecule has 0 bridgehead atoms. The number of ether oxygens (including phenoxy) is 1. The second-order valence-electron chi connectivity index (χ2n) is 1.30. The van der Waals surface area contributed by atoms with Crippen molar-refractivity contribution in [2.45, 2.75) is 6.42 Å². The highest BCUT2D eigenvalue weighted by molar-refractivity contribution is 9.14. The second kappa shape index (κ2) is 5.79. The Hall–Kier alpha value is 0.660. The average molecular weight is 244 g/mol. The molecule has 0 fully saturated rings. The van der Waals surface area contributed by atoms with Gasteiger partial charge < -0.3 is 4.74 Å². The van der Waals surface area contributed by atoms with Crippen molar-refractivity contribution < 1.29 is 4.74 Å². The van der Waals surface area contributed by atoms with Gasteiger partial charge in [-0.1, -0.05) is 31.9 Å². The monoisotopic (exact) mass is 242 g/mol. The molecule has 0 N–H and O–H groups in total. The normalized spacial score (nSPS) is 12.1. The third-order valence-electron chi connectivity index (χ3n) is 0.663. The molecule has 0 heterocycles. The lowest BCUT2D eigenvalue weighted by Crippen LogP contribution is -1.85. The van der Waals surface area contributed by atoms with Gasteiger partial charge in [-0.25, -0.2) is 0 Å². The zero-order valence-corrected chi connectivity index (χ0v) is 7.83. The first-order valence-corrected chi connectivity index (χ1v) is 3.96. The van der Waals surface area contributed by atoms with Crippen LogP contribution in [0.5, 0.6) is 0 Å². The lowest BCUT2D eigenvalue weighted by molar-refractivity contribution is 0.204. The van der Waals surface area contributed by atoms with Crippen molar-refractivity contribution in [2.75, 3.05) is 13.7 Å². The van der Waals surface area contributed by atoms with E-state index in [1.165, 1.54) is 0 Å². The molecule has 0 spiro atoms. The van der Waals surface area contributed by atoms with Gasteiger partial charge >= 0.3 is 0 Å². The quantitative estimate of drug-likeness (QED) is 0.741. The number of halogens is 2. The minimum Gasteiger partial charge on any atom is -0.384 e. The van der Waals surface area contributed by atoms with Gasteiger partial charge in [0.05, 0.1) is 6.61 Å². The lowest BCUT2D eigenvalue weighted by Gasteiger charge is -1.93. The van der Waals surface area contributed by atoms with Crippen molar-refractivity contribution in [3.05, 3.63) is 9.47 Å². The zero-order chi connectivity index (χ0) is 6.41. The Kier molecular flexibility index (Phi) is 6.27. The van der Waals surface area contributed by atoms with Crippen molar-refractivity contribution in [3.8, 4) is 0 Å². The van der Waals surface area contributed by atoms with Crippen molar-refractivity contribution in [3.63, 3.8) is 0 Å². The van der Waals surface area contributed by atoms with E-state index in [0.29, 0.717) is 0 Å². The predicted octanol–water partition coefficient (Wildman–Crippen LogP) is 2.65. The van der Waals surface area contributed by atoms with Gasteiger partial charge in [-0.15, -0.1) is 0 Å². The van der Waals surface area contributed by atoms with Crippen LogP contribution in [0.1, 0.15) is 6.42 Å². The van der Waals surface area contributed by atoms with Crippen molar-refractivity contribution in [2.24, 2.45) is 0 Å². The highest BCUT2D eigenvalue weighted by atomic mass is 79.9. The van der Waals surface area contributed by atoms with Crippen molar-refractivity contribution >= 4 is 31.9 Å². The second-order valence-corrected chi connectivity index (χ2v) is 2.78. The van der Waals surface area contributed by atoms with E-state index in [0.717, 1.165) is 17.5 Å². The maximum atomic E-state index is 4.82. The Morgan fingerprint density at radius 3 is 2.75 bits per heavy atom. The molecule has 0 saturated heterocycles. The third kappa shape index (κ3) is 4.81. The molecule has 3 heteroatoms. The summed E-state index contributed by atoms with van der Waals surface area (Å²) >= 11 is 6.49. The third-order valence-corrected chi connectivity index (χ3v) is 2.46. The van der Waals surface area contributed by atoms with E-state index in [1.54, 1.807) is 7.11 Å². The van der Waals surface area contributed by atoms with Gasteiger partial charge in [-0.2, -0.15) is 0 Å². The molecule has 0 radical (unpaired) electrons. The molecule has 0 atom stereocenters. The van der Waals surface area contributed by atoms with Crippen LogP contribution in [0.2, 0.25) is 0 Å². The van der Waals surface area contributed by atoms with E-state index in [2.05, 4.69) is 31.9 Å². The molecule has 0 aliphatic carbocycles. The Bertz CT molecular complexity index is 80.5. The topological polar surface area (TPSA) is 9.23 Å². The summed E-state index contributed by atoms with van der Waals surface area (Å²) < 4.78 is 5.95. The average Bonchev–Trinajstić information content (AvgIpc) is 1.83. The van der Waals surface area contributed by atoms with Crippen LogP contribution in [0, 0.1) is 0 Å². The van der Waals surface area contributed by atoms with Crippen LogP contribution in [0.3, 0.4) is 0 Å². The minimum atomic E-state index is 0.767. The van der Waals surface area contributed by atoms with Crippen LogP contribution >= 0.6 is 31.9 Å². The summed E-state index contributed by atoms with van der Waals surface area (Å²) in [6.45, 7) is 0.767. The Morgan fingerprint density at radius 2 is 2.38 bits per heavy atom. The summed E-state index contributed by atoms with van der Waals surface area (Å²) in [6, 6.07) is 0. The van der Waals surface area contributed by atoms with Gasteiger partial charge in [-0.3, -0.25) is 0 Å². The zero-order valence-electron chi connectivity index (χ0n) is 4.66. The predicted molar refractivity (Wildman–Crippen MR) is 42.4 cm³/mol. The summed E-state index contributed by atoms with van der Waals surface area (Å²) in [5, 5.41) is 0. The number of rotatable bonds is 3. The molecule has 0 unspecified atom stereocenters. The molecule has 0 rings (SSSR count). The van der Waals surface area contributed by atoms with Gasteiger partial charge in [0, 0.05) is 18.0 Å². The number of methoxy groups -OCH3 is 1. The summed E-state index contributed by atoms with van der Waals surface area (Å²) in [4.78, 5) is 1.84. The maximum absolute atomic E-state index is 4.82. The smallest absolute Gasteiger partial charge is 0.0508 e. The number of hydrogen-bond donors (Lipinski definition) is 0. The molecule has 0 aliphatic rings. The van der Waals surface area contributed by atoms with Crippen LogP contribution in [0.25, 0.3) is 0 Å². The Labute approximate surface area is 66.4 Å². The molecule has 0 aromatic carbocycles. The highest BCUT2D eigenvalue weighted by Gasteiger charge is 1.86. The fraction of sp³-hybridized carbons (Fsp3) is 0.600. The molecule has 0 aromatic rings. The summed E-state index contributed by atoms with van der Waals surface area (Å²) in [6.07, 6.45) is 0.932. The standard InChI is InChI=1S/C5H8Br2O/c1-8-3-2-5(7)4-6/h4H,2-3H2,1H3. The molecule has 0 amide bonds. The van der Waals surface area contributed by atoms with E-state index in [-0.39, 0.29) is 0 Å². The number of hydrogen-bond acceptors (Lipinski definition) is 1. The maximum Gasteiger partial charge on any atom is 0.0508 e. The summed E-state index contributed by atoms with van der Waals surface area (Å²) in [5.74, 6) is 0. The molecule has 0 aliphatic heterocycles. The van der Waals surface area contributed by atoms with E-state index in [1.807, 2.05) is 4.99 Å². The fourth-order valence-electron chi connectivity index (χ4n) is 0.254. The molecule has 1 nitrogen and oxygen atoms in total. The molecule has 0 aromatic heterocycles. The first-order valence-electron chi connectivity index (χ1n) is 2.25. The van der Waals surface area contributed by atoms with Gasteiger partial charge in [0.1, 0.15) is 0 Å². The van der Waals surface area contributed by atoms with Crippen LogP contribution in [-0.4, -0.2) is 13.7 Å². The minimum absolute atomic E-state index is 0.767. The van der Waals surface area contributed by atoms with E-state index >= 15 is 0 Å². The summed E-state index contributed by atoms with van der Waals surface area (Å²) in [7, 11) is 1.69. The summed E-state index contributed by atoms with van der Waals surface area (Å²) in [5.41, 5.74) is 0. The van der Waals surface area contributed by atoms with Crippen LogP contribution < -0.4 is 0 Å². The molecular weight excluding hydrogens is 236 g/mol. The molecule has 8 heavy (non-hydrogen) atoms. The molecule has 0 saturated carbocycles. The largest absolute Gasteiger partial charge is 0.384 e. The fourth-order valence-corrected chi connectivity index (χ4v) is 0.645. The van der Waals surface area contributed by atoms with Crippen LogP contribution in [0.4, 0.5) is 0 Å². The lowest BCUT2D eigenvalue weighted by atomic mass is 10.5. The van der Waals surface area contributed by atoms with Crippen LogP contribution in [0.15, 0.2) is 9.47 Å². The first kappa shape index (κ1) is 8.66. The van der Waals surface area contributed by atoms with E-state index in [9.17, 15) is 0 Å².